The van der Waals surface area contributed by atoms with Crippen LogP contribution in [0.15, 0.2) is 30.6 Å². The van der Waals surface area contributed by atoms with Crippen LogP contribution in [0.1, 0.15) is 36.0 Å². The molecule has 2 heterocycles. The molecule has 106 valence electrons. The quantitative estimate of drug-likeness (QED) is 0.787. The van der Waals surface area contributed by atoms with E-state index in [1.165, 1.54) is 6.42 Å². The van der Waals surface area contributed by atoms with Crippen molar-refractivity contribution in [1.29, 1.82) is 0 Å². The van der Waals surface area contributed by atoms with Crippen LogP contribution in [0.3, 0.4) is 0 Å². The van der Waals surface area contributed by atoms with E-state index < -0.39 is 0 Å². The average molecular weight is 336 g/mol. The number of halogens is 1. The molecule has 0 atom stereocenters. The lowest BCUT2D eigenvalue weighted by Crippen LogP contribution is -2.44. The van der Waals surface area contributed by atoms with Crippen molar-refractivity contribution in [3.8, 4) is 0 Å². The van der Waals surface area contributed by atoms with Crippen LogP contribution in [-0.2, 0) is 0 Å². The first kappa shape index (κ1) is 13.6. The number of rotatable bonds is 5. The lowest BCUT2D eigenvalue weighted by atomic mass is 9.91. The summed E-state index contributed by atoms with van der Waals surface area (Å²) >= 11 is 3.45. The summed E-state index contributed by atoms with van der Waals surface area (Å²) in [5.74, 6) is 0.122. The van der Waals surface area contributed by atoms with Gasteiger partial charge >= 0.3 is 0 Å². The number of alkyl halides is 1. The number of carbonyl (C=O) groups is 1. The second kappa shape index (κ2) is 5.95. The molecule has 3 rings (SSSR count). The summed E-state index contributed by atoms with van der Waals surface area (Å²) in [5.41, 5.74) is 1.60. The Kier molecular flexibility index (Phi) is 4.05. The molecule has 0 unspecified atom stereocenters. The highest BCUT2D eigenvalue weighted by molar-refractivity contribution is 9.09. The van der Waals surface area contributed by atoms with E-state index >= 15 is 0 Å². The number of nitrogens with zero attached hydrogens (tertiary/aromatic N) is 3. The molecule has 2 aromatic rings. The summed E-state index contributed by atoms with van der Waals surface area (Å²) in [6.07, 6.45) is 8.05. The lowest BCUT2D eigenvalue weighted by molar-refractivity contribution is 0.0583. The van der Waals surface area contributed by atoms with Crippen LogP contribution < -0.4 is 0 Å². The van der Waals surface area contributed by atoms with E-state index in [2.05, 4.69) is 21.0 Å². The summed E-state index contributed by atoms with van der Waals surface area (Å²) < 4.78 is 1.76. The van der Waals surface area contributed by atoms with Crippen LogP contribution in [0.5, 0.6) is 0 Å². The van der Waals surface area contributed by atoms with E-state index in [-0.39, 0.29) is 5.91 Å². The maximum Gasteiger partial charge on any atom is 0.257 e. The van der Waals surface area contributed by atoms with Gasteiger partial charge in [-0.1, -0.05) is 22.0 Å². The topological polar surface area (TPSA) is 37.6 Å². The van der Waals surface area contributed by atoms with Crippen molar-refractivity contribution in [3.05, 3.63) is 36.2 Å². The monoisotopic (exact) mass is 335 g/mol. The molecule has 0 bridgehead atoms. The van der Waals surface area contributed by atoms with Gasteiger partial charge < -0.3 is 4.90 Å². The van der Waals surface area contributed by atoms with E-state index in [4.69, 9.17) is 0 Å². The summed E-state index contributed by atoms with van der Waals surface area (Å²) in [7, 11) is 0. The van der Waals surface area contributed by atoms with Crippen LogP contribution >= 0.6 is 15.9 Å². The van der Waals surface area contributed by atoms with Crippen molar-refractivity contribution in [1.82, 2.24) is 14.5 Å². The van der Waals surface area contributed by atoms with E-state index in [1.807, 2.05) is 29.3 Å². The molecule has 1 amide bonds. The standard InChI is InChI=1S/C15H18BrN3O/c16-8-4-9-18(12-5-3-6-12)15(20)13-11-17-19-10-2-1-7-14(13)19/h1-2,7,10-12H,3-6,8-9H2. The number of amides is 1. The fourth-order valence-electron chi connectivity index (χ4n) is 2.63. The minimum absolute atomic E-state index is 0.122. The van der Waals surface area contributed by atoms with Crippen molar-refractivity contribution in [2.24, 2.45) is 0 Å². The smallest absolute Gasteiger partial charge is 0.257 e. The highest BCUT2D eigenvalue weighted by Crippen LogP contribution is 2.27. The summed E-state index contributed by atoms with van der Waals surface area (Å²) in [6, 6.07) is 6.23. The van der Waals surface area contributed by atoms with Gasteiger partial charge in [-0.2, -0.15) is 5.10 Å². The van der Waals surface area contributed by atoms with Crippen molar-refractivity contribution in [2.45, 2.75) is 31.7 Å². The molecule has 2 aromatic heterocycles. The fraction of sp³-hybridized carbons (Fsp3) is 0.467. The van der Waals surface area contributed by atoms with Crippen molar-refractivity contribution >= 4 is 27.4 Å². The highest BCUT2D eigenvalue weighted by atomic mass is 79.9. The van der Waals surface area contributed by atoms with Gasteiger partial charge in [0.2, 0.25) is 0 Å². The molecule has 0 saturated heterocycles. The molecule has 1 aliphatic carbocycles. The zero-order valence-electron chi connectivity index (χ0n) is 11.3. The maximum atomic E-state index is 12.8. The van der Waals surface area contributed by atoms with Crippen LogP contribution in [-0.4, -0.2) is 38.3 Å². The predicted octanol–water partition coefficient (Wildman–Crippen LogP) is 3.11. The summed E-state index contributed by atoms with van der Waals surface area (Å²) in [4.78, 5) is 14.9. The second-order valence-corrected chi connectivity index (χ2v) is 6.01. The Morgan fingerprint density at radius 2 is 2.30 bits per heavy atom. The van der Waals surface area contributed by atoms with Gasteiger partial charge in [0, 0.05) is 24.1 Å². The Labute approximate surface area is 126 Å². The zero-order chi connectivity index (χ0) is 13.9. The Morgan fingerprint density at radius 1 is 1.45 bits per heavy atom. The van der Waals surface area contributed by atoms with Crippen LogP contribution in [0.4, 0.5) is 0 Å². The summed E-state index contributed by atoms with van der Waals surface area (Å²) in [5, 5.41) is 5.19. The van der Waals surface area contributed by atoms with Crippen molar-refractivity contribution in [2.75, 3.05) is 11.9 Å². The average Bonchev–Trinajstić information content (AvgIpc) is 2.84. The van der Waals surface area contributed by atoms with Gasteiger partial charge in [0.05, 0.1) is 17.3 Å². The number of hydrogen-bond acceptors (Lipinski definition) is 2. The third kappa shape index (κ3) is 2.46. The molecule has 0 spiro atoms. The Balaban J connectivity index is 1.88. The highest BCUT2D eigenvalue weighted by Gasteiger charge is 2.30. The number of hydrogen-bond donors (Lipinski definition) is 0. The SMILES string of the molecule is O=C(c1cnn2ccccc12)N(CCCBr)C1CCC1. The first-order chi connectivity index (χ1) is 9.81. The minimum atomic E-state index is 0.122. The normalized spacial score (nSPS) is 15.2. The second-order valence-electron chi connectivity index (χ2n) is 5.21. The fourth-order valence-corrected chi connectivity index (χ4v) is 2.88. The molecule has 0 aliphatic heterocycles. The molecule has 1 aliphatic rings. The third-order valence-electron chi connectivity index (χ3n) is 3.97. The predicted molar refractivity (Wildman–Crippen MR) is 82.3 cm³/mol. The molecule has 0 aromatic carbocycles. The molecular weight excluding hydrogens is 318 g/mol. The van der Waals surface area contributed by atoms with Gasteiger partial charge in [-0.25, -0.2) is 4.52 Å². The number of fused-ring (bicyclic) bond motifs is 1. The van der Waals surface area contributed by atoms with E-state index in [0.29, 0.717) is 11.6 Å². The number of pyridine rings is 1. The van der Waals surface area contributed by atoms with Crippen LogP contribution in [0.2, 0.25) is 0 Å². The molecule has 0 radical (unpaired) electrons. The van der Waals surface area contributed by atoms with Gasteiger partial charge in [-0.05, 0) is 37.8 Å². The third-order valence-corrected chi connectivity index (χ3v) is 4.53. The first-order valence-electron chi connectivity index (χ1n) is 7.10. The Hall–Kier alpha value is -1.36. The largest absolute Gasteiger partial charge is 0.336 e. The first-order valence-corrected chi connectivity index (χ1v) is 8.22. The molecule has 5 heteroatoms. The summed E-state index contributed by atoms with van der Waals surface area (Å²) in [6.45, 7) is 0.818. The molecule has 0 N–H and O–H groups in total. The van der Waals surface area contributed by atoms with E-state index in [1.54, 1.807) is 10.7 Å². The van der Waals surface area contributed by atoms with E-state index in [9.17, 15) is 4.79 Å². The van der Waals surface area contributed by atoms with E-state index in [0.717, 1.165) is 36.7 Å². The molecule has 1 fully saturated rings. The Bertz CT molecular complexity index is 606. The molecule has 4 nitrogen and oxygen atoms in total. The van der Waals surface area contributed by atoms with Gasteiger partial charge in [0.25, 0.3) is 5.91 Å². The molecule has 20 heavy (non-hydrogen) atoms. The van der Waals surface area contributed by atoms with Crippen molar-refractivity contribution in [3.63, 3.8) is 0 Å². The van der Waals surface area contributed by atoms with Gasteiger partial charge in [-0.3, -0.25) is 4.79 Å². The molecule has 1 saturated carbocycles. The zero-order valence-corrected chi connectivity index (χ0v) is 12.9. The van der Waals surface area contributed by atoms with Gasteiger partial charge in [0.15, 0.2) is 0 Å². The Morgan fingerprint density at radius 3 is 3.00 bits per heavy atom. The maximum absolute atomic E-state index is 12.8. The number of carbonyl (C=O) groups excluding carboxylic acids is 1. The lowest BCUT2D eigenvalue weighted by Gasteiger charge is -2.37. The van der Waals surface area contributed by atoms with Gasteiger partial charge in [0.1, 0.15) is 0 Å². The minimum Gasteiger partial charge on any atom is -0.336 e. The van der Waals surface area contributed by atoms with Crippen molar-refractivity contribution < 1.29 is 4.79 Å². The number of aromatic nitrogens is 2. The molecular formula is C15H18BrN3O. The van der Waals surface area contributed by atoms with Crippen LogP contribution in [0, 0.1) is 0 Å². The van der Waals surface area contributed by atoms with Gasteiger partial charge in [-0.15, -0.1) is 0 Å². The van der Waals surface area contributed by atoms with Crippen LogP contribution in [0.25, 0.3) is 5.52 Å².